The summed E-state index contributed by atoms with van der Waals surface area (Å²) in [6.07, 6.45) is 2.26. The maximum Gasteiger partial charge on any atom is 0.327 e. The number of nitrogens with zero attached hydrogens (tertiary/aromatic N) is 6. The fraction of sp³-hybridized carbons (Fsp3) is 0.650. The van der Waals surface area contributed by atoms with Gasteiger partial charge in [-0.1, -0.05) is 13.8 Å². The molecule has 0 unspecified atom stereocenters. The van der Waals surface area contributed by atoms with E-state index in [1.165, 1.54) is 11.2 Å². The zero-order valence-corrected chi connectivity index (χ0v) is 17.8. The van der Waals surface area contributed by atoms with E-state index in [4.69, 9.17) is 10.5 Å². The Labute approximate surface area is 176 Å². The lowest BCUT2D eigenvalue weighted by Crippen LogP contribution is -2.57. The van der Waals surface area contributed by atoms with Crippen LogP contribution in [0.15, 0.2) is 6.33 Å². The van der Waals surface area contributed by atoms with Gasteiger partial charge in [0, 0.05) is 26.2 Å². The van der Waals surface area contributed by atoms with E-state index in [0.29, 0.717) is 51.5 Å². The number of carbonyl (C=O) groups is 2. The molecule has 2 N–H and O–H groups in total. The molecule has 0 radical (unpaired) electrons. The van der Waals surface area contributed by atoms with Gasteiger partial charge in [0.05, 0.1) is 13.2 Å². The Morgan fingerprint density at radius 3 is 2.60 bits per heavy atom. The largest absolute Gasteiger partial charge is 0.382 e. The first-order valence-electron chi connectivity index (χ1n) is 10.3. The minimum absolute atomic E-state index is 0.137. The van der Waals surface area contributed by atoms with Gasteiger partial charge < -0.3 is 20.3 Å². The smallest absolute Gasteiger partial charge is 0.327 e. The first kappa shape index (κ1) is 21.8. The van der Waals surface area contributed by atoms with Crippen LogP contribution in [-0.2, 0) is 9.53 Å². The van der Waals surface area contributed by atoms with Gasteiger partial charge in [-0.2, -0.15) is 5.26 Å². The van der Waals surface area contributed by atoms with Crippen molar-refractivity contribution in [3.8, 4) is 6.07 Å². The van der Waals surface area contributed by atoms with Crippen molar-refractivity contribution in [3.63, 3.8) is 0 Å². The Hall–Kier alpha value is -2.93. The van der Waals surface area contributed by atoms with E-state index >= 15 is 0 Å². The Balaban J connectivity index is 1.84. The molecule has 0 saturated carbocycles. The van der Waals surface area contributed by atoms with E-state index in [1.807, 2.05) is 25.7 Å². The number of piperidine rings is 1. The average Bonchev–Trinajstić information content (AvgIpc) is 2.90. The molecular formula is C20H29N7O3. The van der Waals surface area contributed by atoms with E-state index in [-0.39, 0.29) is 35.8 Å². The Morgan fingerprint density at radius 2 is 2.00 bits per heavy atom. The van der Waals surface area contributed by atoms with Gasteiger partial charge in [0.25, 0.3) is 5.91 Å². The highest BCUT2D eigenvalue weighted by atomic mass is 16.5. The number of carbonyl (C=O) groups excluding carboxylic acids is 2. The summed E-state index contributed by atoms with van der Waals surface area (Å²) in [6, 6.07) is 1.82. The molecule has 10 nitrogen and oxygen atoms in total. The number of anilines is 2. The summed E-state index contributed by atoms with van der Waals surface area (Å²) < 4.78 is 5.37. The summed E-state index contributed by atoms with van der Waals surface area (Å²) in [5, 5.41) is 9.43. The molecule has 10 heteroatoms. The van der Waals surface area contributed by atoms with Crippen LogP contribution in [0, 0.1) is 17.2 Å². The summed E-state index contributed by atoms with van der Waals surface area (Å²) in [4.78, 5) is 39.6. The normalized spacial score (nSPS) is 18.6. The van der Waals surface area contributed by atoms with Crippen LogP contribution in [-0.4, -0.2) is 76.6 Å². The second kappa shape index (κ2) is 8.83. The molecule has 1 aromatic rings. The third-order valence-corrected chi connectivity index (χ3v) is 5.69. The van der Waals surface area contributed by atoms with E-state index in [1.54, 1.807) is 4.90 Å². The fourth-order valence-corrected chi connectivity index (χ4v) is 4.21. The zero-order valence-electron chi connectivity index (χ0n) is 17.8. The van der Waals surface area contributed by atoms with Crippen LogP contribution in [0.3, 0.4) is 0 Å². The van der Waals surface area contributed by atoms with Crippen molar-refractivity contribution in [3.05, 3.63) is 11.9 Å². The van der Waals surface area contributed by atoms with Crippen LogP contribution in [0.1, 0.15) is 39.2 Å². The molecule has 3 amide bonds. The molecule has 2 aliphatic rings. The van der Waals surface area contributed by atoms with Crippen molar-refractivity contribution in [2.24, 2.45) is 5.92 Å². The van der Waals surface area contributed by atoms with Crippen LogP contribution in [0.2, 0.25) is 0 Å². The summed E-state index contributed by atoms with van der Waals surface area (Å²) in [5.41, 5.74) is 5.19. The molecule has 0 bridgehead atoms. The van der Waals surface area contributed by atoms with Crippen molar-refractivity contribution >= 4 is 23.6 Å². The van der Waals surface area contributed by atoms with Crippen LogP contribution >= 0.6 is 0 Å². The molecule has 30 heavy (non-hydrogen) atoms. The predicted molar refractivity (Wildman–Crippen MR) is 110 cm³/mol. The van der Waals surface area contributed by atoms with Gasteiger partial charge in [-0.25, -0.2) is 14.8 Å². The highest BCUT2D eigenvalue weighted by molar-refractivity contribution is 6.07. The summed E-state index contributed by atoms with van der Waals surface area (Å²) in [5.74, 6) is 0.684. The SMILES string of the molecule is CCOCCN1C(=O)N(CC(C)C)C2(CCN(c3ncnc(N)c3C#N)CC2)C1=O. The van der Waals surface area contributed by atoms with E-state index < -0.39 is 5.54 Å². The summed E-state index contributed by atoms with van der Waals surface area (Å²) in [7, 11) is 0. The number of aromatic nitrogens is 2. The standard InChI is InChI=1S/C20H29N7O3/c1-4-30-10-9-26-18(28)20(27(19(26)29)12-14(2)3)5-7-25(8-6-20)17-15(11-21)16(22)23-13-24-17/h13-14H,4-10,12H2,1-3H3,(H2,22,23,24). The molecule has 0 atom stereocenters. The lowest BCUT2D eigenvalue weighted by Gasteiger charge is -2.43. The predicted octanol–water partition coefficient (Wildman–Crippen LogP) is 1.23. The van der Waals surface area contributed by atoms with Gasteiger partial charge in [0.2, 0.25) is 0 Å². The number of hydrogen-bond donors (Lipinski definition) is 1. The lowest BCUT2D eigenvalue weighted by molar-refractivity contribution is -0.134. The quantitative estimate of drug-likeness (QED) is 0.520. The number of urea groups is 1. The molecule has 2 saturated heterocycles. The second-order valence-electron chi connectivity index (χ2n) is 8.03. The maximum atomic E-state index is 13.4. The number of hydrogen-bond acceptors (Lipinski definition) is 8. The Morgan fingerprint density at radius 1 is 1.30 bits per heavy atom. The fourth-order valence-electron chi connectivity index (χ4n) is 4.21. The number of amides is 3. The van der Waals surface area contributed by atoms with E-state index in [9.17, 15) is 14.9 Å². The van der Waals surface area contributed by atoms with Crippen LogP contribution in [0.25, 0.3) is 0 Å². The highest BCUT2D eigenvalue weighted by Crippen LogP contribution is 2.39. The van der Waals surface area contributed by atoms with Gasteiger partial charge in [0.1, 0.15) is 29.3 Å². The van der Waals surface area contributed by atoms with Crippen LogP contribution in [0.5, 0.6) is 0 Å². The van der Waals surface area contributed by atoms with E-state index in [0.717, 1.165) is 0 Å². The van der Waals surface area contributed by atoms with Crippen molar-refractivity contribution in [2.45, 2.75) is 39.2 Å². The third-order valence-electron chi connectivity index (χ3n) is 5.69. The molecule has 162 valence electrons. The molecule has 1 aromatic heterocycles. The molecule has 0 aromatic carbocycles. The molecule has 2 fully saturated rings. The van der Waals surface area contributed by atoms with Crippen LogP contribution in [0.4, 0.5) is 16.4 Å². The second-order valence-corrected chi connectivity index (χ2v) is 8.03. The number of imide groups is 1. The van der Waals surface area contributed by atoms with Crippen molar-refractivity contribution in [1.82, 2.24) is 19.8 Å². The van der Waals surface area contributed by atoms with Gasteiger partial charge in [0.15, 0.2) is 5.82 Å². The van der Waals surface area contributed by atoms with Crippen molar-refractivity contribution in [2.75, 3.05) is 50.0 Å². The topological polar surface area (TPSA) is 129 Å². The minimum Gasteiger partial charge on any atom is -0.382 e. The molecular weight excluding hydrogens is 386 g/mol. The third kappa shape index (κ3) is 3.77. The molecule has 2 aliphatic heterocycles. The number of ether oxygens (including phenoxy) is 1. The van der Waals surface area contributed by atoms with Crippen molar-refractivity contribution in [1.29, 1.82) is 5.26 Å². The van der Waals surface area contributed by atoms with Crippen molar-refractivity contribution < 1.29 is 14.3 Å². The average molecular weight is 415 g/mol. The minimum atomic E-state index is -0.866. The first-order chi connectivity index (χ1) is 14.4. The molecule has 3 heterocycles. The molecule has 1 spiro atoms. The van der Waals surface area contributed by atoms with Gasteiger partial charge in [-0.3, -0.25) is 9.69 Å². The monoisotopic (exact) mass is 415 g/mol. The number of rotatable bonds is 7. The number of nitrogen functional groups attached to an aromatic ring is 1. The summed E-state index contributed by atoms with van der Waals surface area (Å²) in [6.45, 7) is 8.55. The molecule has 0 aliphatic carbocycles. The van der Waals surface area contributed by atoms with E-state index in [2.05, 4.69) is 16.0 Å². The number of nitriles is 1. The Kier molecular flexibility index (Phi) is 6.41. The molecule has 3 rings (SSSR count). The number of nitrogens with two attached hydrogens (primary N) is 1. The Bertz CT molecular complexity index is 843. The first-order valence-corrected chi connectivity index (χ1v) is 10.3. The van der Waals surface area contributed by atoms with Crippen LogP contribution < -0.4 is 10.6 Å². The van der Waals surface area contributed by atoms with Gasteiger partial charge in [-0.15, -0.1) is 0 Å². The highest BCUT2D eigenvalue weighted by Gasteiger charge is 2.57. The summed E-state index contributed by atoms with van der Waals surface area (Å²) >= 11 is 0. The zero-order chi connectivity index (χ0) is 21.9. The maximum absolute atomic E-state index is 13.4. The van der Waals surface area contributed by atoms with Gasteiger partial charge in [-0.05, 0) is 25.7 Å². The lowest BCUT2D eigenvalue weighted by atomic mass is 9.85. The van der Waals surface area contributed by atoms with Gasteiger partial charge >= 0.3 is 6.03 Å².